The van der Waals surface area contributed by atoms with Crippen molar-refractivity contribution in [2.24, 2.45) is 0 Å². The minimum atomic E-state index is -0.364. The lowest BCUT2D eigenvalue weighted by Gasteiger charge is -1.99. The van der Waals surface area contributed by atoms with Crippen LogP contribution in [0.2, 0.25) is 0 Å². The molecular weight excluding hydrogens is 190 g/mol. The molecule has 0 atom stereocenters. The lowest BCUT2D eigenvalue weighted by atomic mass is 10.1. The van der Waals surface area contributed by atoms with Crippen molar-refractivity contribution in [1.82, 2.24) is 0 Å². The molecular formula is C12H11NO2. The Bertz CT molecular complexity index is 441. The Morgan fingerprint density at radius 1 is 1.53 bits per heavy atom. The number of nitrogens with zero attached hydrogens (tertiary/aromatic N) is 1. The number of hydrogen-bond donors (Lipinski definition) is 0. The molecule has 0 aliphatic heterocycles. The molecule has 0 fully saturated rings. The zero-order chi connectivity index (χ0) is 11.3. The van der Waals surface area contributed by atoms with Crippen LogP contribution >= 0.6 is 0 Å². The van der Waals surface area contributed by atoms with E-state index in [-0.39, 0.29) is 5.97 Å². The van der Waals surface area contributed by atoms with Crippen LogP contribution in [0.5, 0.6) is 0 Å². The van der Waals surface area contributed by atoms with Crippen molar-refractivity contribution >= 4 is 12.0 Å². The molecule has 3 heteroatoms. The van der Waals surface area contributed by atoms with E-state index in [2.05, 4.69) is 4.74 Å². The Kier molecular flexibility index (Phi) is 3.64. The molecule has 0 unspecified atom stereocenters. The molecule has 1 aromatic rings. The summed E-state index contributed by atoms with van der Waals surface area (Å²) in [5, 5.41) is 8.69. The van der Waals surface area contributed by atoms with Gasteiger partial charge in [-0.2, -0.15) is 5.26 Å². The normalized spacial score (nSPS) is 10.6. The van der Waals surface area contributed by atoms with Gasteiger partial charge in [0.1, 0.15) is 0 Å². The van der Waals surface area contributed by atoms with Crippen LogP contribution in [0.25, 0.3) is 6.08 Å². The van der Waals surface area contributed by atoms with Gasteiger partial charge in [-0.3, -0.25) is 0 Å². The highest BCUT2D eigenvalue weighted by atomic mass is 16.5. The third kappa shape index (κ3) is 2.96. The van der Waals surface area contributed by atoms with E-state index in [1.807, 2.05) is 12.1 Å². The van der Waals surface area contributed by atoms with Gasteiger partial charge in [0.05, 0.1) is 18.7 Å². The predicted molar refractivity (Wildman–Crippen MR) is 56.8 cm³/mol. The minimum absolute atomic E-state index is 0.364. The first-order chi connectivity index (χ1) is 7.17. The Hall–Kier alpha value is -2.08. The van der Waals surface area contributed by atoms with Gasteiger partial charge >= 0.3 is 5.97 Å². The quantitative estimate of drug-likeness (QED) is 0.544. The maximum absolute atomic E-state index is 11.1. The van der Waals surface area contributed by atoms with Crippen molar-refractivity contribution in [2.45, 2.75) is 6.92 Å². The lowest BCUT2D eigenvalue weighted by Crippen LogP contribution is -2.00. The largest absolute Gasteiger partial charge is 0.466 e. The van der Waals surface area contributed by atoms with Crippen LogP contribution in [0.4, 0.5) is 0 Å². The monoisotopic (exact) mass is 201 g/mol. The molecule has 0 N–H and O–H groups in total. The van der Waals surface area contributed by atoms with E-state index in [0.29, 0.717) is 11.1 Å². The summed E-state index contributed by atoms with van der Waals surface area (Å²) < 4.78 is 4.57. The summed E-state index contributed by atoms with van der Waals surface area (Å²) in [6, 6.07) is 9.07. The van der Waals surface area contributed by atoms with Gasteiger partial charge in [0.15, 0.2) is 0 Å². The Morgan fingerprint density at radius 2 is 2.27 bits per heavy atom. The van der Waals surface area contributed by atoms with Gasteiger partial charge in [0, 0.05) is 5.57 Å². The minimum Gasteiger partial charge on any atom is -0.466 e. The first-order valence-corrected chi connectivity index (χ1v) is 4.44. The summed E-state index contributed by atoms with van der Waals surface area (Å²) in [6.45, 7) is 1.67. The molecule has 0 aliphatic carbocycles. The Labute approximate surface area is 88.6 Å². The van der Waals surface area contributed by atoms with Gasteiger partial charge in [0.25, 0.3) is 0 Å². The van der Waals surface area contributed by atoms with Crippen LogP contribution < -0.4 is 0 Å². The van der Waals surface area contributed by atoms with Crippen molar-refractivity contribution in [1.29, 1.82) is 5.26 Å². The molecule has 0 spiro atoms. The van der Waals surface area contributed by atoms with Gasteiger partial charge in [-0.25, -0.2) is 4.79 Å². The van der Waals surface area contributed by atoms with Gasteiger partial charge in [-0.15, -0.1) is 0 Å². The van der Waals surface area contributed by atoms with Crippen molar-refractivity contribution in [3.05, 3.63) is 41.0 Å². The van der Waals surface area contributed by atoms with Gasteiger partial charge < -0.3 is 4.74 Å². The van der Waals surface area contributed by atoms with E-state index in [9.17, 15) is 4.79 Å². The molecule has 0 aliphatic rings. The van der Waals surface area contributed by atoms with Crippen LogP contribution in [-0.2, 0) is 9.53 Å². The molecule has 0 amide bonds. The van der Waals surface area contributed by atoms with Crippen LogP contribution in [0, 0.1) is 11.3 Å². The zero-order valence-electron chi connectivity index (χ0n) is 8.65. The SMILES string of the molecule is COC(=O)/C(C)=C\c1cccc(C#N)c1. The van der Waals surface area contributed by atoms with Crippen LogP contribution in [0.15, 0.2) is 29.8 Å². The van der Waals surface area contributed by atoms with E-state index < -0.39 is 0 Å². The second-order valence-electron chi connectivity index (χ2n) is 3.06. The smallest absolute Gasteiger partial charge is 0.333 e. The van der Waals surface area contributed by atoms with Crippen molar-refractivity contribution < 1.29 is 9.53 Å². The molecule has 0 saturated carbocycles. The van der Waals surface area contributed by atoms with Crippen LogP contribution in [-0.4, -0.2) is 13.1 Å². The van der Waals surface area contributed by atoms with Crippen LogP contribution in [0.1, 0.15) is 18.1 Å². The molecule has 76 valence electrons. The molecule has 0 saturated heterocycles. The standard InChI is InChI=1S/C12H11NO2/c1-9(12(14)15-2)6-10-4-3-5-11(7-10)8-13/h3-7H,1-2H3/b9-6-. The van der Waals surface area contributed by atoms with Gasteiger partial charge in [-0.05, 0) is 30.7 Å². The first kappa shape index (κ1) is 11.0. The summed E-state index contributed by atoms with van der Waals surface area (Å²) in [5.74, 6) is -0.364. The Balaban J connectivity index is 2.99. The van der Waals surface area contributed by atoms with E-state index in [1.165, 1.54) is 7.11 Å². The van der Waals surface area contributed by atoms with E-state index >= 15 is 0 Å². The maximum Gasteiger partial charge on any atom is 0.333 e. The first-order valence-electron chi connectivity index (χ1n) is 4.44. The van der Waals surface area contributed by atoms with Crippen molar-refractivity contribution in [3.8, 4) is 6.07 Å². The fraction of sp³-hybridized carbons (Fsp3) is 0.167. The molecule has 1 aromatic carbocycles. The Morgan fingerprint density at radius 3 is 2.87 bits per heavy atom. The summed E-state index contributed by atoms with van der Waals surface area (Å²) in [5.41, 5.74) is 1.89. The zero-order valence-corrected chi connectivity index (χ0v) is 8.65. The molecule has 1 rings (SSSR count). The van der Waals surface area contributed by atoms with E-state index in [0.717, 1.165) is 5.56 Å². The fourth-order valence-corrected chi connectivity index (χ4v) is 1.17. The number of benzene rings is 1. The second kappa shape index (κ2) is 4.97. The fourth-order valence-electron chi connectivity index (χ4n) is 1.17. The predicted octanol–water partition coefficient (Wildman–Crippen LogP) is 2.13. The molecule has 3 nitrogen and oxygen atoms in total. The van der Waals surface area contributed by atoms with E-state index in [4.69, 9.17) is 5.26 Å². The third-order valence-electron chi connectivity index (χ3n) is 1.91. The number of carbonyl (C=O) groups is 1. The van der Waals surface area contributed by atoms with Crippen molar-refractivity contribution in [2.75, 3.05) is 7.11 Å². The molecule has 0 aromatic heterocycles. The number of hydrogen-bond acceptors (Lipinski definition) is 3. The summed E-state index contributed by atoms with van der Waals surface area (Å²) >= 11 is 0. The number of nitriles is 1. The van der Waals surface area contributed by atoms with Gasteiger partial charge in [-0.1, -0.05) is 12.1 Å². The van der Waals surface area contributed by atoms with E-state index in [1.54, 1.807) is 31.2 Å². The number of rotatable bonds is 2. The summed E-state index contributed by atoms with van der Waals surface area (Å²) in [7, 11) is 1.34. The van der Waals surface area contributed by atoms with Crippen LogP contribution in [0.3, 0.4) is 0 Å². The number of esters is 1. The maximum atomic E-state index is 11.1. The molecule has 0 radical (unpaired) electrons. The highest BCUT2D eigenvalue weighted by Crippen LogP contribution is 2.09. The summed E-state index contributed by atoms with van der Waals surface area (Å²) in [4.78, 5) is 11.1. The second-order valence-corrected chi connectivity index (χ2v) is 3.06. The number of methoxy groups -OCH3 is 1. The lowest BCUT2D eigenvalue weighted by molar-refractivity contribution is -0.135. The van der Waals surface area contributed by atoms with Gasteiger partial charge in [0.2, 0.25) is 0 Å². The highest BCUT2D eigenvalue weighted by molar-refractivity contribution is 5.92. The topological polar surface area (TPSA) is 50.1 Å². The molecule has 0 bridgehead atoms. The highest BCUT2D eigenvalue weighted by Gasteiger charge is 2.02. The average molecular weight is 201 g/mol. The van der Waals surface area contributed by atoms with Crippen molar-refractivity contribution in [3.63, 3.8) is 0 Å². The average Bonchev–Trinajstić information content (AvgIpc) is 2.28. The third-order valence-corrected chi connectivity index (χ3v) is 1.91. The molecule has 0 heterocycles. The molecule has 15 heavy (non-hydrogen) atoms. The number of carbonyl (C=O) groups excluding carboxylic acids is 1. The number of ether oxygens (including phenoxy) is 1. The summed E-state index contributed by atoms with van der Waals surface area (Å²) in [6.07, 6.45) is 1.69.